The Labute approximate surface area is 619 Å². The molecule has 0 aliphatic carbocycles. The second kappa shape index (κ2) is 73.6. The maximum absolute atomic E-state index is 13.1. The first-order chi connectivity index (χ1) is 48.9. The molecule has 0 saturated heterocycles. The van der Waals surface area contributed by atoms with Crippen LogP contribution in [0.15, 0.2) is 0 Å². The Kier molecular flexibility index (Phi) is 72.2. The van der Waals surface area contributed by atoms with Gasteiger partial charge in [0.2, 0.25) is 0 Å². The van der Waals surface area contributed by atoms with Gasteiger partial charge < -0.3 is 33.8 Å². The second-order valence-corrected chi connectivity index (χ2v) is 33.4. The number of hydrogen-bond donors (Lipinski definition) is 3. The number of carbonyl (C=O) groups is 4. The van der Waals surface area contributed by atoms with Gasteiger partial charge in [-0.05, 0) is 37.5 Å². The van der Waals surface area contributed by atoms with Crippen LogP contribution in [0.1, 0.15) is 433 Å². The lowest BCUT2D eigenvalue weighted by atomic mass is 10.0. The zero-order valence-corrected chi connectivity index (χ0v) is 68.0. The van der Waals surface area contributed by atoms with Crippen LogP contribution in [0.2, 0.25) is 0 Å². The van der Waals surface area contributed by atoms with Crippen molar-refractivity contribution in [2.45, 2.75) is 452 Å². The third kappa shape index (κ3) is 76.1. The van der Waals surface area contributed by atoms with Crippen molar-refractivity contribution in [2.75, 3.05) is 39.6 Å². The van der Waals surface area contributed by atoms with E-state index >= 15 is 0 Å². The number of hydrogen-bond acceptors (Lipinski definition) is 15. The average Bonchev–Trinajstić information content (AvgIpc) is 2.27. The van der Waals surface area contributed by atoms with E-state index in [1.807, 2.05) is 0 Å². The van der Waals surface area contributed by atoms with E-state index < -0.39 is 97.5 Å². The Morgan fingerprint density at radius 3 is 0.673 bits per heavy atom. The van der Waals surface area contributed by atoms with Crippen LogP contribution in [0.25, 0.3) is 0 Å². The van der Waals surface area contributed by atoms with Gasteiger partial charge in [-0.2, -0.15) is 0 Å². The van der Waals surface area contributed by atoms with Crippen molar-refractivity contribution in [1.82, 2.24) is 0 Å². The highest BCUT2D eigenvalue weighted by Crippen LogP contribution is 2.45. The predicted molar refractivity (Wildman–Crippen MR) is 414 cm³/mol. The van der Waals surface area contributed by atoms with Crippen LogP contribution in [0.5, 0.6) is 0 Å². The molecule has 0 rings (SSSR count). The van der Waals surface area contributed by atoms with E-state index in [1.54, 1.807) is 0 Å². The highest BCUT2D eigenvalue weighted by atomic mass is 31.2. The summed E-state index contributed by atoms with van der Waals surface area (Å²) in [6.07, 6.45) is 64.1. The lowest BCUT2D eigenvalue weighted by Crippen LogP contribution is -2.30. The summed E-state index contributed by atoms with van der Waals surface area (Å²) in [6.45, 7) is 9.60. The zero-order valence-electron chi connectivity index (χ0n) is 66.2. The first kappa shape index (κ1) is 99.1. The number of phosphoric acid groups is 2. The van der Waals surface area contributed by atoms with Gasteiger partial charge >= 0.3 is 39.5 Å². The molecular formula is C82H160O17P2. The molecule has 5 atom stereocenters. The van der Waals surface area contributed by atoms with Gasteiger partial charge in [-0.1, -0.05) is 382 Å². The van der Waals surface area contributed by atoms with Crippen LogP contribution in [-0.4, -0.2) is 96.7 Å². The van der Waals surface area contributed by atoms with Crippen LogP contribution in [0.4, 0.5) is 0 Å². The lowest BCUT2D eigenvalue weighted by molar-refractivity contribution is -0.161. The number of aliphatic hydroxyl groups excluding tert-OH is 1. The molecule has 0 aliphatic rings. The van der Waals surface area contributed by atoms with E-state index in [0.717, 1.165) is 102 Å². The summed E-state index contributed by atoms with van der Waals surface area (Å²) in [4.78, 5) is 72.9. The summed E-state index contributed by atoms with van der Waals surface area (Å²) in [7, 11) is -9.92. The standard InChI is InChI=1S/C82H160O17P2/c1-7-9-11-13-15-17-18-19-20-21-22-23-24-25-26-31-34-37-41-48-54-60-66-81(86)98-77(71-93-80(85)65-59-53-47-40-36-33-30-28-27-29-32-35-39-44-50-56-62-74(3)4)72-96-100(88,89)94-68-76(83)69-95-101(90,91)97-73-78(70-92-79(84)64-58-52-46-38-16-14-12-10-8-2)99-82(87)67-61-55-49-43-42-45-51-57-63-75(5)6/h74-78,83H,7-73H2,1-6H3,(H,88,89)(H,90,91)/t76-,77-,78-/m1/s1. The fourth-order valence-corrected chi connectivity index (χ4v) is 14.3. The third-order valence-electron chi connectivity index (χ3n) is 19.2. The molecule has 17 nitrogen and oxygen atoms in total. The number of ether oxygens (including phenoxy) is 4. The highest BCUT2D eigenvalue weighted by molar-refractivity contribution is 7.47. The Balaban J connectivity index is 5.18. The molecule has 0 heterocycles. The van der Waals surface area contributed by atoms with Crippen molar-refractivity contribution >= 4 is 39.5 Å². The monoisotopic (exact) mass is 1480 g/mol. The van der Waals surface area contributed by atoms with Crippen molar-refractivity contribution in [1.29, 1.82) is 0 Å². The van der Waals surface area contributed by atoms with Crippen LogP contribution < -0.4 is 0 Å². The van der Waals surface area contributed by atoms with Gasteiger partial charge in [0.15, 0.2) is 12.2 Å². The van der Waals surface area contributed by atoms with E-state index in [0.29, 0.717) is 25.7 Å². The highest BCUT2D eigenvalue weighted by Gasteiger charge is 2.30. The second-order valence-electron chi connectivity index (χ2n) is 30.5. The Hall–Kier alpha value is -1.94. The van der Waals surface area contributed by atoms with E-state index in [2.05, 4.69) is 41.5 Å². The van der Waals surface area contributed by atoms with Gasteiger partial charge in [-0.25, -0.2) is 9.13 Å². The van der Waals surface area contributed by atoms with Crippen molar-refractivity contribution < 1.29 is 80.2 Å². The SMILES string of the molecule is CCCCCCCCCCCCCCCCCCCCCCCCC(=O)O[C@H](COC(=O)CCCCCCCCCCCCCCCCCCC(C)C)COP(=O)(O)OC[C@@H](O)COP(=O)(O)OC[C@@H](COC(=O)CCCCCCCCCCC)OC(=O)CCCCCCCCCCC(C)C. The smallest absolute Gasteiger partial charge is 0.462 e. The minimum Gasteiger partial charge on any atom is -0.462 e. The summed E-state index contributed by atoms with van der Waals surface area (Å²) in [5, 5.41) is 10.6. The topological polar surface area (TPSA) is 237 Å². The summed E-state index contributed by atoms with van der Waals surface area (Å²) in [5.74, 6) is -0.581. The Morgan fingerprint density at radius 2 is 0.455 bits per heavy atom. The fourth-order valence-electron chi connectivity index (χ4n) is 12.7. The minimum atomic E-state index is -4.96. The number of unbranched alkanes of at least 4 members (excludes halogenated alkanes) is 51. The molecule has 19 heteroatoms. The van der Waals surface area contributed by atoms with Gasteiger partial charge in [0.25, 0.3) is 0 Å². The van der Waals surface area contributed by atoms with Crippen LogP contribution in [0.3, 0.4) is 0 Å². The number of rotatable bonds is 81. The van der Waals surface area contributed by atoms with Crippen molar-refractivity contribution in [2.24, 2.45) is 11.8 Å². The van der Waals surface area contributed by atoms with E-state index in [4.69, 9.17) is 37.0 Å². The van der Waals surface area contributed by atoms with Crippen LogP contribution in [0, 0.1) is 11.8 Å². The summed E-state index contributed by atoms with van der Waals surface area (Å²) in [5.41, 5.74) is 0. The van der Waals surface area contributed by atoms with Crippen LogP contribution >= 0.6 is 15.6 Å². The summed E-state index contributed by atoms with van der Waals surface area (Å²) < 4.78 is 68.6. The molecular weight excluding hydrogens is 1320 g/mol. The number of esters is 4. The average molecular weight is 1480 g/mol. The summed E-state index contributed by atoms with van der Waals surface area (Å²) in [6, 6.07) is 0. The van der Waals surface area contributed by atoms with Gasteiger partial charge in [-0.3, -0.25) is 37.3 Å². The molecule has 0 fully saturated rings. The third-order valence-corrected chi connectivity index (χ3v) is 21.1. The lowest BCUT2D eigenvalue weighted by Gasteiger charge is -2.21. The molecule has 0 amide bonds. The molecule has 0 aromatic rings. The van der Waals surface area contributed by atoms with Gasteiger partial charge in [0.05, 0.1) is 26.4 Å². The molecule has 0 spiro atoms. The van der Waals surface area contributed by atoms with E-state index in [-0.39, 0.29) is 25.7 Å². The van der Waals surface area contributed by atoms with Crippen molar-refractivity contribution in [3.8, 4) is 0 Å². The molecule has 2 unspecified atom stereocenters. The molecule has 0 bridgehead atoms. The largest absolute Gasteiger partial charge is 0.472 e. The van der Waals surface area contributed by atoms with Gasteiger partial charge in [0.1, 0.15) is 19.3 Å². The van der Waals surface area contributed by atoms with E-state index in [1.165, 1.54) is 250 Å². The van der Waals surface area contributed by atoms with Crippen molar-refractivity contribution in [3.05, 3.63) is 0 Å². The van der Waals surface area contributed by atoms with Gasteiger partial charge in [-0.15, -0.1) is 0 Å². The maximum Gasteiger partial charge on any atom is 0.472 e. The summed E-state index contributed by atoms with van der Waals surface area (Å²) >= 11 is 0. The maximum atomic E-state index is 13.1. The number of phosphoric ester groups is 2. The molecule has 0 radical (unpaired) electrons. The molecule has 101 heavy (non-hydrogen) atoms. The molecule has 0 aliphatic heterocycles. The molecule has 0 aromatic heterocycles. The first-order valence-corrected chi connectivity index (χ1v) is 45.5. The normalized spacial score (nSPS) is 13.9. The Morgan fingerprint density at radius 1 is 0.267 bits per heavy atom. The molecule has 0 aromatic carbocycles. The minimum absolute atomic E-state index is 0.105. The molecule has 0 saturated carbocycles. The first-order valence-electron chi connectivity index (χ1n) is 42.5. The van der Waals surface area contributed by atoms with E-state index in [9.17, 15) is 43.2 Å². The zero-order chi connectivity index (χ0) is 74.2. The Bertz CT molecular complexity index is 1940. The van der Waals surface area contributed by atoms with Crippen molar-refractivity contribution in [3.63, 3.8) is 0 Å². The fraction of sp³-hybridized carbons (Fsp3) is 0.951. The molecule has 600 valence electrons. The quantitative estimate of drug-likeness (QED) is 0.0222. The predicted octanol–water partition coefficient (Wildman–Crippen LogP) is 24.7. The number of aliphatic hydroxyl groups is 1. The number of carbonyl (C=O) groups excluding carboxylic acids is 4. The van der Waals surface area contributed by atoms with Gasteiger partial charge in [0, 0.05) is 25.7 Å². The van der Waals surface area contributed by atoms with Crippen LogP contribution in [-0.2, 0) is 65.4 Å². The molecule has 3 N–H and O–H groups in total.